The lowest BCUT2D eigenvalue weighted by Gasteiger charge is -2.23. The predicted octanol–water partition coefficient (Wildman–Crippen LogP) is 3.26. The SMILES string of the molecule is CC(=O)Oc1ccc2c(c1)OC(C)(c1ccccc1)O2. The maximum Gasteiger partial charge on any atom is 0.308 e. The van der Waals surface area contributed by atoms with Crippen molar-refractivity contribution in [3.8, 4) is 17.2 Å². The van der Waals surface area contributed by atoms with Crippen molar-refractivity contribution in [1.82, 2.24) is 0 Å². The van der Waals surface area contributed by atoms with Gasteiger partial charge in [-0.1, -0.05) is 30.3 Å². The lowest BCUT2D eigenvalue weighted by Crippen LogP contribution is -2.31. The fourth-order valence-corrected chi connectivity index (χ4v) is 2.18. The van der Waals surface area contributed by atoms with Crippen molar-refractivity contribution in [2.45, 2.75) is 19.6 Å². The van der Waals surface area contributed by atoms with E-state index >= 15 is 0 Å². The van der Waals surface area contributed by atoms with Crippen molar-refractivity contribution in [2.75, 3.05) is 0 Å². The summed E-state index contributed by atoms with van der Waals surface area (Å²) in [6, 6.07) is 14.8. The Labute approximate surface area is 116 Å². The molecule has 2 aromatic rings. The van der Waals surface area contributed by atoms with Crippen LogP contribution in [0.5, 0.6) is 17.2 Å². The summed E-state index contributed by atoms with van der Waals surface area (Å²) in [5, 5.41) is 0. The van der Waals surface area contributed by atoms with Gasteiger partial charge >= 0.3 is 5.97 Å². The number of hydrogen-bond donors (Lipinski definition) is 0. The largest absolute Gasteiger partial charge is 0.445 e. The molecule has 4 heteroatoms. The molecule has 0 radical (unpaired) electrons. The molecule has 0 saturated carbocycles. The normalized spacial score (nSPS) is 19.7. The number of rotatable bonds is 2. The summed E-state index contributed by atoms with van der Waals surface area (Å²) in [6.45, 7) is 3.21. The fourth-order valence-electron chi connectivity index (χ4n) is 2.18. The van der Waals surface area contributed by atoms with Crippen LogP contribution in [-0.4, -0.2) is 5.97 Å². The minimum Gasteiger partial charge on any atom is -0.445 e. The molecular formula is C16H14O4. The Hall–Kier alpha value is -2.49. The van der Waals surface area contributed by atoms with Gasteiger partial charge in [-0.3, -0.25) is 4.79 Å². The van der Waals surface area contributed by atoms with Gasteiger partial charge in [-0.15, -0.1) is 0 Å². The molecule has 4 nitrogen and oxygen atoms in total. The Morgan fingerprint density at radius 2 is 1.75 bits per heavy atom. The molecule has 0 fully saturated rings. The van der Waals surface area contributed by atoms with Gasteiger partial charge in [-0.05, 0) is 12.1 Å². The van der Waals surface area contributed by atoms with E-state index in [9.17, 15) is 4.79 Å². The van der Waals surface area contributed by atoms with Crippen LogP contribution in [0.1, 0.15) is 19.4 Å². The zero-order valence-corrected chi connectivity index (χ0v) is 11.3. The van der Waals surface area contributed by atoms with Crippen LogP contribution in [0, 0.1) is 0 Å². The second kappa shape index (κ2) is 4.56. The van der Waals surface area contributed by atoms with Crippen LogP contribution in [0.3, 0.4) is 0 Å². The van der Waals surface area contributed by atoms with Crippen molar-refractivity contribution in [3.63, 3.8) is 0 Å². The minimum atomic E-state index is -0.863. The molecule has 2 aromatic carbocycles. The number of fused-ring (bicyclic) bond motifs is 1. The average Bonchev–Trinajstić information content (AvgIpc) is 2.76. The van der Waals surface area contributed by atoms with Crippen LogP contribution < -0.4 is 14.2 Å². The highest BCUT2D eigenvalue weighted by atomic mass is 16.7. The molecule has 1 unspecified atom stereocenters. The maximum absolute atomic E-state index is 11.0. The summed E-state index contributed by atoms with van der Waals surface area (Å²) >= 11 is 0. The van der Waals surface area contributed by atoms with E-state index in [1.165, 1.54) is 6.92 Å². The van der Waals surface area contributed by atoms with Gasteiger partial charge < -0.3 is 14.2 Å². The monoisotopic (exact) mass is 270 g/mol. The van der Waals surface area contributed by atoms with Gasteiger partial charge in [0.05, 0.1) is 0 Å². The van der Waals surface area contributed by atoms with Crippen LogP contribution in [0.4, 0.5) is 0 Å². The summed E-state index contributed by atoms with van der Waals surface area (Å²) in [5.41, 5.74) is 0.922. The first-order valence-electron chi connectivity index (χ1n) is 6.33. The lowest BCUT2D eigenvalue weighted by molar-refractivity contribution is -0.131. The van der Waals surface area contributed by atoms with Gasteiger partial charge in [0.15, 0.2) is 11.5 Å². The molecule has 20 heavy (non-hydrogen) atoms. The van der Waals surface area contributed by atoms with Crippen LogP contribution >= 0.6 is 0 Å². The highest BCUT2D eigenvalue weighted by molar-refractivity contribution is 5.69. The summed E-state index contributed by atoms with van der Waals surface area (Å²) in [6.07, 6.45) is 0. The zero-order valence-electron chi connectivity index (χ0n) is 11.3. The number of hydrogen-bond acceptors (Lipinski definition) is 4. The molecule has 1 atom stereocenters. The summed E-state index contributed by atoms with van der Waals surface area (Å²) in [5.74, 6) is 0.410. The van der Waals surface area contributed by atoms with Gasteiger partial charge in [0.1, 0.15) is 5.75 Å². The van der Waals surface area contributed by atoms with E-state index in [1.807, 2.05) is 37.3 Å². The van der Waals surface area contributed by atoms with Crippen molar-refractivity contribution >= 4 is 5.97 Å². The van der Waals surface area contributed by atoms with E-state index in [-0.39, 0.29) is 5.97 Å². The average molecular weight is 270 g/mol. The number of esters is 1. The van der Waals surface area contributed by atoms with E-state index in [2.05, 4.69) is 0 Å². The molecule has 3 rings (SSSR count). The molecule has 0 N–H and O–H groups in total. The van der Waals surface area contributed by atoms with Gasteiger partial charge in [0.25, 0.3) is 5.79 Å². The smallest absolute Gasteiger partial charge is 0.308 e. The van der Waals surface area contributed by atoms with Gasteiger partial charge in [-0.2, -0.15) is 0 Å². The van der Waals surface area contributed by atoms with E-state index in [0.717, 1.165) is 5.56 Å². The molecule has 0 saturated heterocycles. The number of ether oxygens (including phenoxy) is 3. The minimum absolute atomic E-state index is 0.366. The van der Waals surface area contributed by atoms with Gasteiger partial charge in [-0.25, -0.2) is 0 Å². The first-order valence-corrected chi connectivity index (χ1v) is 6.33. The summed E-state index contributed by atoms with van der Waals surface area (Å²) in [7, 11) is 0. The first-order chi connectivity index (χ1) is 9.57. The number of carbonyl (C=O) groups excluding carboxylic acids is 1. The van der Waals surface area contributed by atoms with E-state index in [1.54, 1.807) is 18.2 Å². The molecule has 0 aromatic heterocycles. The number of carbonyl (C=O) groups is 1. The fraction of sp³-hybridized carbons (Fsp3) is 0.188. The van der Waals surface area contributed by atoms with Crippen molar-refractivity contribution < 1.29 is 19.0 Å². The van der Waals surface area contributed by atoms with E-state index < -0.39 is 5.79 Å². The summed E-state index contributed by atoms with van der Waals surface area (Å²) < 4.78 is 16.8. The zero-order chi connectivity index (χ0) is 14.2. The molecule has 1 aliphatic rings. The topological polar surface area (TPSA) is 44.8 Å². The Morgan fingerprint density at radius 3 is 2.45 bits per heavy atom. The Balaban J connectivity index is 1.90. The quantitative estimate of drug-likeness (QED) is 0.620. The van der Waals surface area contributed by atoms with Gasteiger partial charge in [0, 0.05) is 25.5 Å². The van der Waals surface area contributed by atoms with Crippen molar-refractivity contribution in [1.29, 1.82) is 0 Å². The molecule has 1 aliphatic heterocycles. The van der Waals surface area contributed by atoms with E-state index in [0.29, 0.717) is 17.2 Å². The molecular weight excluding hydrogens is 256 g/mol. The third kappa shape index (κ3) is 2.20. The third-order valence-corrected chi connectivity index (χ3v) is 3.08. The third-order valence-electron chi connectivity index (χ3n) is 3.08. The molecule has 0 aliphatic carbocycles. The molecule has 102 valence electrons. The van der Waals surface area contributed by atoms with Crippen molar-refractivity contribution in [3.05, 3.63) is 54.1 Å². The highest BCUT2D eigenvalue weighted by Gasteiger charge is 2.38. The first kappa shape index (κ1) is 12.5. The lowest BCUT2D eigenvalue weighted by atomic mass is 10.1. The standard InChI is InChI=1S/C16H14O4/c1-11(17)18-13-8-9-14-15(10-13)20-16(2,19-14)12-6-4-3-5-7-12/h3-10H,1-2H3. The molecule has 0 amide bonds. The van der Waals surface area contributed by atoms with Crippen LogP contribution in [0.25, 0.3) is 0 Å². The molecule has 0 spiro atoms. The second-order valence-electron chi connectivity index (χ2n) is 4.72. The molecule has 1 heterocycles. The van der Waals surface area contributed by atoms with E-state index in [4.69, 9.17) is 14.2 Å². The predicted molar refractivity (Wildman–Crippen MR) is 72.8 cm³/mol. The van der Waals surface area contributed by atoms with Crippen LogP contribution in [0.15, 0.2) is 48.5 Å². The Kier molecular flexibility index (Phi) is 2.86. The molecule has 0 bridgehead atoms. The second-order valence-corrected chi connectivity index (χ2v) is 4.72. The highest BCUT2D eigenvalue weighted by Crippen LogP contribution is 2.45. The summed E-state index contributed by atoms with van der Waals surface area (Å²) in [4.78, 5) is 11.0. The number of benzene rings is 2. The van der Waals surface area contributed by atoms with Crippen molar-refractivity contribution in [2.24, 2.45) is 0 Å². The maximum atomic E-state index is 11.0. The Bertz CT molecular complexity index is 651. The Morgan fingerprint density at radius 1 is 1.05 bits per heavy atom. The van der Waals surface area contributed by atoms with Gasteiger partial charge in [0.2, 0.25) is 0 Å². The van der Waals surface area contributed by atoms with Crippen LogP contribution in [0.2, 0.25) is 0 Å². The van der Waals surface area contributed by atoms with Crippen LogP contribution in [-0.2, 0) is 10.6 Å².